The standard InChI is InChI=1S/C54H47Cl2N2P.Ru/c1-35-30-37(3)52(38(4)31-35)57-28-29-58(53-39(5)32-36(2)33-40(53)6)54(57)50-48(27-26-47(55)51(50)56)59(42-20-12-8-13-21-42,43-22-14-9-15-23-43)49-34-46(41-18-10-7-11-19-41)44-24-16-17-25-45(44)49;/h7-34,48H,1-6H3;. The first-order valence-electron chi connectivity index (χ1n) is 20.2. The van der Waals surface area contributed by atoms with E-state index in [4.69, 9.17) is 23.2 Å². The fourth-order valence-corrected chi connectivity index (χ4v) is 15.4. The topological polar surface area (TPSA) is 6.48 Å². The van der Waals surface area contributed by atoms with E-state index in [9.17, 15) is 0 Å². The molecule has 0 fully saturated rings. The number of fused-ring (bicyclic) bond motifs is 1. The van der Waals surface area contributed by atoms with E-state index in [-0.39, 0.29) is 25.1 Å². The molecule has 3 aliphatic rings. The second-order valence-corrected chi connectivity index (χ2v) is 20.3. The SMILES string of the molecule is Cc1cc(C)c(N2C=CN(c3c(C)cc(C)cc3C)C2=C2C(Cl)=C(Cl)C=CC2P(=C2C=C(c3ccccc3)c3ccccc32)(c2ccccc2)c2ccccc2)c(C)c1.[Ru]. The van der Waals surface area contributed by atoms with Crippen molar-refractivity contribution in [3.05, 3.63) is 242 Å². The van der Waals surface area contributed by atoms with Crippen molar-refractivity contribution in [2.45, 2.75) is 47.2 Å². The molecular weight excluding hydrogens is 880 g/mol. The van der Waals surface area contributed by atoms with Crippen LogP contribution in [-0.2, 0) is 19.5 Å². The van der Waals surface area contributed by atoms with Gasteiger partial charge in [-0.1, -0.05) is 180 Å². The molecule has 6 heteroatoms. The van der Waals surface area contributed by atoms with Crippen LogP contribution in [0.3, 0.4) is 0 Å². The zero-order valence-electron chi connectivity index (χ0n) is 34.7. The van der Waals surface area contributed by atoms with Gasteiger partial charge in [-0.05, 0) is 121 Å². The van der Waals surface area contributed by atoms with E-state index in [0.717, 1.165) is 22.8 Å². The Morgan fingerprint density at radius 2 is 0.967 bits per heavy atom. The zero-order valence-corrected chi connectivity index (χ0v) is 38.8. The van der Waals surface area contributed by atoms with Crippen molar-refractivity contribution in [1.29, 1.82) is 0 Å². The Kier molecular flexibility index (Phi) is 11.8. The van der Waals surface area contributed by atoms with Crippen molar-refractivity contribution < 1.29 is 19.5 Å². The summed E-state index contributed by atoms with van der Waals surface area (Å²) >= 11 is 15.2. The van der Waals surface area contributed by atoms with Gasteiger partial charge in [0.1, 0.15) is 5.82 Å². The van der Waals surface area contributed by atoms with Gasteiger partial charge in [-0.3, -0.25) is 0 Å². The first kappa shape index (κ1) is 41.8. The number of aryl methyl sites for hydroxylation is 6. The number of hydrogen-bond acceptors (Lipinski definition) is 2. The van der Waals surface area contributed by atoms with Crippen molar-refractivity contribution in [1.82, 2.24) is 0 Å². The summed E-state index contributed by atoms with van der Waals surface area (Å²) in [4.78, 5) is 4.75. The van der Waals surface area contributed by atoms with Gasteiger partial charge in [0.2, 0.25) is 0 Å². The van der Waals surface area contributed by atoms with E-state index < -0.39 is 6.89 Å². The maximum atomic E-state index is 7.89. The molecule has 0 aromatic heterocycles. The molecule has 6 aromatic carbocycles. The van der Waals surface area contributed by atoms with Crippen LogP contribution >= 0.6 is 30.1 Å². The summed E-state index contributed by atoms with van der Waals surface area (Å²) in [5.41, 5.74) is 15.2. The molecule has 6 aromatic rings. The molecule has 1 unspecified atom stereocenters. The second-order valence-electron chi connectivity index (χ2n) is 16.0. The Morgan fingerprint density at radius 1 is 0.533 bits per heavy atom. The molecule has 0 spiro atoms. The molecule has 0 amide bonds. The molecule has 0 saturated heterocycles. The maximum Gasteiger partial charge on any atom is 0.127 e. The summed E-state index contributed by atoms with van der Waals surface area (Å²) in [6.45, 7) is 10.4. The second kappa shape index (κ2) is 16.9. The Bertz CT molecular complexity index is 2710. The average Bonchev–Trinajstić information content (AvgIpc) is 3.82. The predicted molar refractivity (Wildman–Crippen MR) is 257 cm³/mol. The Morgan fingerprint density at radius 3 is 1.45 bits per heavy atom. The third-order valence-corrected chi connectivity index (χ3v) is 17.4. The number of benzene rings is 6. The summed E-state index contributed by atoms with van der Waals surface area (Å²) in [7, 11) is 0. The summed E-state index contributed by atoms with van der Waals surface area (Å²) in [5, 5.41) is 4.95. The van der Waals surface area contributed by atoms with Crippen LogP contribution in [0.1, 0.15) is 50.1 Å². The minimum atomic E-state index is -2.75. The number of halogens is 2. The number of nitrogens with zero attached hydrogens (tertiary/aromatic N) is 2. The van der Waals surface area contributed by atoms with E-state index in [0.29, 0.717) is 10.1 Å². The van der Waals surface area contributed by atoms with Crippen molar-refractivity contribution in [2.24, 2.45) is 0 Å². The largest absolute Gasteiger partial charge is 0.301 e. The van der Waals surface area contributed by atoms with Crippen LogP contribution in [0, 0.1) is 41.5 Å². The molecule has 0 saturated carbocycles. The number of allylic oxidation sites excluding steroid dienone is 6. The van der Waals surface area contributed by atoms with Gasteiger partial charge >= 0.3 is 0 Å². The Labute approximate surface area is 378 Å². The molecule has 9 rings (SSSR count). The normalized spacial score (nSPS) is 16.1. The Balaban J connectivity index is 0.00000499. The van der Waals surface area contributed by atoms with Gasteiger partial charge in [0.15, 0.2) is 0 Å². The molecule has 60 heavy (non-hydrogen) atoms. The van der Waals surface area contributed by atoms with Gasteiger partial charge in [-0.25, -0.2) is 0 Å². The van der Waals surface area contributed by atoms with E-state index in [1.54, 1.807) is 0 Å². The van der Waals surface area contributed by atoms with Crippen LogP contribution in [0.2, 0.25) is 0 Å². The van der Waals surface area contributed by atoms with Crippen molar-refractivity contribution >= 4 is 62.9 Å². The molecule has 1 atom stereocenters. The minimum Gasteiger partial charge on any atom is -0.301 e. The molecule has 2 aliphatic carbocycles. The van der Waals surface area contributed by atoms with E-state index in [1.807, 2.05) is 6.08 Å². The number of hydrogen-bond donors (Lipinski definition) is 0. The van der Waals surface area contributed by atoms with Gasteiger partial charge in [0.25, 0.3) is 0 Å². The number of anilines is 2. The smallest absolute Gasteiger partial charge is 0.127 e. The van der Waals surface area contributed by atoms with Crippen LogP contribution in [0.15, 0.2) is 192 Å². The van der Waals surface area contributed by atoms with Gasteiger partial charge in [0.05, 0.1) is 21.4 Å². The van der Waals surface area contributed by atoms with Gasteiger partial charge < -0.3 is 9.80 Å². The quantitative estimate of drug-likeness (QED) is 0.121. The van der Waals surface area contributed by atoms with E-state index in [2.05, 4.69) is 215 Å². The van der Waals surface area contributed by atoms with Gasteiger partial charge in [0, 0.05) is 43.1 Å². The minimum absolute atomic E-state index is 0. The van der Waals surface area contributed by atoms with Crippen LogP contribution in [0.25, 0.3) is 5.57 Å². The van der Waals surface area contributed by atoms with Crippen LogP contribution in [-0.4, -0.2) is 11.0 Å². The third kappa shape index (κ3) is 6.95. The molecule has 0 radical (unpaired) electrons. The van der Waals surface area contributed by atoms with Gasteiger partial charge in [-0.15, -0.1) is 0 Å². The molecule has 1 aliphatic heterocycles. The zero-order chi connectivity index (χ0) is 41.0. The average molecular weight is 927 g/mol. The van der Waals surface area contributed by atoms with Crippen molar-refractivity contribution in [3.8, 4) is 0 Å². The molecule has 1 heterocycles. The maximum absolute atomic E-state index is 7.89. The number of rotatable bonds is 6. The monoisotopic (exact) mass is 926 g/mol. The van der Waals surface area contributed by atoms with Crippen LogP contribution < -0.4 is 20.4 Å². The third-order valence-electron chi connectivity index (χ3n) is 12.0. The van der Waals surface area contributed by atoms with Gasteiger partial charge in [-0.2, -0.15) is 0 Å². The van der Waals surface area contributed by atoms with Crippen molar-refractivity contribution in [2.75, 3.05) is 9.80 Å². The summed E-state index contributed by atoms with van der Waals surface area (Å²) < 4.78 is 0. The molecule has 0 N–H and O–H groups in total. The van der Waals surface area contributed by atoms with E-state index >= 15 is 0 Å². The van der Waals surface area contributed by atoms with Crippen LogP contribution in [0.4, 0.5) is 11.4 Å². The molecule has 2 nitrogen and oxygen atoms in total. The first-order chi connectivity index (χ1) is 28.6. The van der Waals surface area contributed by atoms with E-state index in [1.165, 1.54) is 71.5 Å². The molecule has 0 bridgehead atoms. The predicted octanol–water partition coefficient (Wildman–Crippen LogP) is 13.5. The Hall–Kier alpha value is -4.88. The molecule has 300 valence electrons. The first-order valence-corrected chi connectivity index (χ1v) is 22.9. The summed E-state index contributed by atoms with van der Waals surface area (Å²) in [6.07, 6.45) is 11.3. The van der Waals surface area contributed by atoms with Crippen molar-refractivity contribution in [3.63, 3.8) is 0 Å². The fourth-order valence-electron chi connectivity index (χ4n) is 9.88. The van der Waals surface area contributed by atoms with Crippen LogP contribution in [0.5, 0.6) is 0 Å². The summed E-state index contributed by atoms with van der Waals surface area (Å²) in [6, 6.07) is 51.2. The molecular formula is C54H47Cl2N2PRu. The fraction of sp³-hybridized carbons (Fsp3) is 0.130. The summed E-state index contributed by atoms with van der Waals surface area (Å²) in [5.74, 6) is 0.989.